The van der Waals surface area contributed by atoms with Crippen LogP contribution in [0.3, 0.4) is 0 Å². The highest BCUT2D eigenvalue weighted by Crippen LogP contribution is 2.36. The maximum atomic E-state index is 6.43. The average molecular weight is 323 g/mol. The smallest absolute Gasteiger partial charge is 0.208 e. The third kappa shape index (κ3) is 3.25. The Morgan fingerprint density at radius 2 is 1.75 bits per heavy atom. The quantitative estimate of drug-likeness (QED) is 0.850. The van der Waals surface area contributed by atoms with Crippen LogP contribution in [0.15, 0.2) is 60.7 Å². The lowest BCUT2D eigenvalue weighted by Crippen LogP contribution is -2.57. The zero-order valence-electron chi connectivity index (χ0n) is 14.1. The number of hydrogen-bond donors (Lipinski definition) is 0. The summed E-state index contributed by atoms with van der Waals surface area (Å²) in [5.74, 6) is -0.662. The van der Waals surface area contributed by atoms with Crippen molar-refractivity contribution in [3.05, 3.63) is 71.8 Å². The van der Waals surface area contributed by atoms with Crippen LogP contribution in [0, 0.1) is 0 Å². The van der Waals surface area contributed by atoms with Gasteiger partial charge in [-0.1, -0.05) is 67.1 Å². The summed E-state index contributed by atoms with van der Waals surface area (Å²) in [7, 11) is 0. The number of benzene rings is 2. The molecule has 2 heterocycles. The van der Waals surface area contributed by atoms with Crippen LogP contribution in [0.25, 0.3) is 0 Å². The maximum absolute atomic E-state index is 6.43. The van der Waals surface area contributed by atoms with Crippen molar-refractivity contribution in [3.8, 4) is 0 Å². The first-order chi connectivity index (χ1) is 11.9. The van der Waals surface area contributed by atoms with E-state index in [1.165, 1.54) is 24.8 Å². The Morgan fingerprint density at radius 3 is 2.54 bits per heavy atom. The number of morpholine rings is 1. The van der Waals surface area contributed by atoms with Gasteiger partial charge in [-0.25, -0.2) is 0 Å². The summed E-state index contributed by atoms with van der Waals surface area (Å²) in [4.78, 5) is 2.56. The van der Waals surface area contributed by atoms with E-state index >= 15 is 0 Å². The van der Waals surface area contributed by atoms with E-state index < -0.39 is 5.79 Å². The van der Waals surface area contributed by atoms with Crippen LogP contribution in [0.2, 0.25) is 0 Å². The van der Waals surface area contributed by atoms with Crippen molar-refractivity contribution in [2.75, 3.05) is 19.7 Å². The molecule has 2 saturated heterocycles. The molecular formula is C21H25NO2. The van der Waals surface area contributed by atoms with Crippen molar-refractivity contribution in [2.24, 2.45) is 0 Å². The molecule has 2 aromatic carbocycles. The van der Waals surface area contributed by atoms with E-state index in [1.807, 2.05) is 12.1 Å². The first-order valence-corrected chi connectivity index (χ1v) is 8.97. The minimum Gasteiger partial charge on any atom is -0.343 e. The van der Waals surface area contributed by atoms with Gasteiger partial charge in [-0.15, -0.1) is 0 Å². The van der Waals surface area contributed by atoms with E-state index in [9.17, 15) is 0 Å². The molecule has 2 aliphatic heterocycles. The van der Waals surface area contributed by atoms with E-state index in [1.54, 1.807) is 0 Å². The van der Waals surface area contributed by atoms with E-state index in [0.29, 0.717) is 12.6 Å². The van der Waals surface area contributed by atoms with Gasteiger partial charge in [0, 0.05) is 11.6 Å². The molecule has 24 heavy (non-hydrogen) atoms. The molecule has 2 fully saturated rings. The van der Waals surface area contributed by atoms with Crippen LogP contribution >= 0.6 is 0 Å². The molecule has 0 aliphatic carbocycles. The zero-order chi connectivity index (χ0) is 16.2. The van der Waals surface area contributed by atoms with Gasteiger partial charge in [0.25, 0.3) is 0 Å². The number of rotatable bonds is 4. The summed E-state index contributed by atoms with van der Waals surface area (Å²) in [6.07, 6.45) is 3.83. The standard InChI is InChI=1S/C21H25NO2/c1-3-9-18(10-4-1)15-23-21(19-11-5-2-6-12-19)17-22-14-8-7-13-20(22)16-24-21/h1-6,9-12,20H,7-8,13-17H2. The van der Waals surface area contributed by atoms with Crippen LogP contribution in [0.4, 0.5) is 0 Å². The van der Waals surface area contributed by atoms with Crippen LogP contribution in [-0.4, -0.2) is 30.6 Å². The van der Waals surface area contributed by atoms with E-state index in [0.717, 1.165) is 25.3 Å². The SMILES string of the molecule is c1ccc(COC2(c3ccccc3)CN3CCCCC3CO2)cc1. The van der Waals surface area contributed by atoms with E-state index in [4.69, 9.17) is 9.47 Å². The molecule has 2 atom stereocenters. The summed E-state index contributed by atoms with van der Waals surface area (Å²) in [6.45, 7) is 3.28. The van der Waals surface area contributed by atoms with Gasteiger partial charge in [0.2, 0.25) is 5.79 Å². The highest BCUT2D eigenvalue weighted by Gasteiger charge is 2.43. The number of piperidine rings is 1. The van der Waals surface area contributed by atoms with E-state index in [-0.39, 0.29) is 0 Å². The first kappa shape index (κ1) is 15.8. The third-order valence-corrected chi connectivity index (χ3v) is 5.20. The molecule has 2 unspecified atom stereocenters. The monoisotopic (exact) mass is 323 g/mol. The summed E-state index contributed by atoms with van der Waals surface area (Å²) >= 11 is 0. The Kier molecular flexibility index (Phi) is 4.65. The van der Waals surface area contributed by atoms with Crippen LogP contribution in [-0.2, 0) is 21.9 Å². The summed E-state index contributed by atoms with van der Waals surface area (Å²) < 4.78 is 12.8. The molecule has 2 aliphatic rings. The molecule has 0 spiro atoms. The first-order valence-electron chi connectivity index (χ1n) is 8.97. The second kappa shape index (κ2) is 7.06. The minimum absolute atomic E-state index is 0.552. The molecule has 0 bridgehead atoms. The van der Waals surface area contributed by atoms with Crippen molar-refractivity contribution >= 4 is 0 Å². The van der Waals surface area contributed by atoms with Gasteiger partial charge in [0.05, 0.1) is 19.8 Å². The third-order valence-electron chi connectivity index (χ3n) is 5.20. The molecule has 0 amide bonds. The average Bonchev–Trinajstić information content (AvgIpc) is 2.68. The van der Waals surface area contributed by atoms with Crippen molar-refractivity contribution in [2.45, 2.75) is 37.7 Å². The zero-order valence-corrected chi connectivity index (χ0v) is 14.1. The largest absolute Gasteiger partial charge is 0.343 e. The number of nitrogens with zero attached hydrogens (tertiary/aromatic N) is 1. The number of ether oxygens (including phenoxy) is 2. The van der Waals surface area contributed by atoms with Crippen molar-refractivity contribution in [1.82, 2.24) is 4.90 Å². The van der Waals surface area contributed by atoms with Gasteiger partial charge < -0.3 is 9.47 Å². The van der Waals surface area contributed by atoms with Crippen molar-refractivity contribution < 1.29 is 9.47 Å². The summed E-state index contributed by atoms with van der Waals surface area (Å²) in [6, 6.07) is 21.3. The second-order valence-electron chi connectivity index (χ2n) is 6.82. The Labute approximate surface area is 144 Å². The lowest BCUT2D eigenvalue weighted by atomic mass is 9.96. The number of fused-ring (bicyclic) bond motifs is 1. The molecule has 4 rings (SSSR count). The van der Waals surface area contributed by atoms with E-state index in [2.05, 4.69) is 53.4 Å². The van der Waals surface area contributed by atoms with Crippen molar-refractivity contribution in [3.63, 3.8) is 0 Å². The van der Waals surface area contributed by atoms with Crippen LogP contribution in [0.5, 0.6) is 0 Å². The molecule has 0 radical (unpaired) electrons. The fraction of sp³-hybridized carbons (Fsp3) is 0.429. The molecule has 0 aromatic heterocycles. The molecule has 0 N–H and O–H groups in total. The van der Waals surface area contributed by atoms with Gasteiger partial charge in [-0.3, -0.25) is 4.90 Å². The van der Waals surface area contributed by atoms with Gasteiger partial charge >= 0.3 is 0 Å². The predicted octanol–water partition coefficient (Wildman–Crippen LogP) is 3.94. The Morgan fingerprint density at radius 1 is 1.00 bits per heavy atom. The highest BCUT2D eigenvalue weighted by atomic mass is 16.7. The molecule has 0 saturated carbocycles. The van der Waals surface area contributed by atoms with Gasteiger partial charge in [0.15, 0.2) is 0 Å². The lowest BCUT2D eigenvalue weighted by Gasteiger charge is -2.48. The Balaban J connectivity index is 1.58. The van der Waals surface area contributed by atoms with Crippen LogP contribution < -0.4 is 0 Å². The molecule has 3 heteroatoms. The fourth-order valence-electron chi connectivity index (χ4n) is 3.81. The minimum atomic E-state index is -0.662. The van der Waals surface area contributed by atoms with Crippen molar-refractivity contribution in [1.29, 1.82) is 0 Å². The molecule has 3 nitrogen and oxygen atoms in total. The maximum Gasteiger partial charge on any atom is 0.208 e. The van der Waals surface area contributed by atoms with Crippen LogP contribution in [0.1, 0.15) is 30.4 Å². The molecule has 2 aromatic rings. The topological polar surface area (TPSA) is 21.7 Å². The summed E-state index contributed by atoms with van der Waals surface area (Å²) in [5, 5.41) is 0. The van der Waals surface area contributed by atoms with Gasteiger partial charge in [-0.05, 0) is 24.9 Å². The second-order valence-corrected chi connectivity index (χ2v) is 6.82. The number of hydrogen-bond acceptors (Lipinski definition) is 3. The highest BCUT2D eigenvalue weighted by molar-refractivity contribution is 5.22. The fourth-order valence-corrected chi connectivity index (χ4v) is 3.81. The Bertz CT molecular complexity index is 645. The normalized spacial score (nSPS) is 27.6. The Hall–Kier alpha value is -1.68. The summed E-state index contributed by atoms with van der Waals surface area (Å²) in [5.41, 5.74) is 2.29. The molecular weight excluding hydrogens is 298 g/mol. The molecule has 126 valence electrons. The van der Waals surface area contributed by atoms with Gasteiger partial charge in [-0.2, -0.15) is 0 Å². The lowest BCUT2D eigenvalue weighted by molar-refractivity contribution is -0.295. The van der Waals surface area contributed by atoms with Gasteiger partial charge in [0.1, 0.15) is 0 Å². The predicted molar refractivity (Wildman–Crippen MR) is 94.5 cm³/mol.